The summed E-state index contributed by atoms with van der Waals surface area (Å²) in [6.07, 6.45) is 3.50. The Morgan fingerprint density at radius 1 is 1.29 bits per heavy atom. The molecule has 5 N–H and O–H groups in total. The van der Waals surface area contributed by atoms with Crippen LogP contribution in [0, 0.1) is 0 Å². The van der Waals surface area contributed by atoms with E-state index in [1.165, 1.54) is 17.5 Å². The van der Waals surface area contributed by atoms with Crippen LogP contribution in [0.4, 0.5) is 5.82 Å². The van der Waals surface area contributed by atoms with E-state index in [-0.39, 0.29) is 39.0 Å². The molecule has 1 aromatic carbocycles. The summed E-state index contributed by atoms with van der Waals surface area (Å²) in [6.45, 7) is 0.247. The predicted octanol–water partition coefficient (Wildman–Crippen LogP) is 2.71. The average molecular weight is 443 g/mol. The Kier molecular flexibility index (Phi) is 7.09. The molecule has 0 atom stereocenters. The first-order chi connectivity index (χ1) is 14.6. The van der Waals surface area contributed by atoms with Crippen LogP contribution >= 0.6 is 11.3 Å². The minimum atomic E-state index is -0.315. The predicted molar refractivity (Wildman–Crippen MR) is 121 cm³/mol. The standard InChI is InChI=1S/C21H22N4O4S.CH4/c22-19-17-13(11-30-18(17)16(9-24-19)21(28)23-6-7-26)10-29-15-3-1-2-12(8-15)20(27)25-14-4-5-14;/h1-3,8-9,11,14,26H,4-7,10H2,(H2,22,24)(H,23,28)(H,25,27);1H4. The third kappa shape index (κ3) is 5.12. The SMILES string of the molecule is C.Nc1ncc(C(=O)NCCO)c2scc(COc3cccc(C(=O)NC4CC4)c3)c12. The monoisotopic (exact) mass is 442 g/mol. The topological polar surface area (TPSA) is 127 Å². The molecular formula is C22H26N4O4S. The van der Waals surface area contributed by atoms with Crippen LogP contribution in [-0.4, -0.2) is 41.1 Å². The molecule has 8 nitrogen and oxygen atoms in total. The zero-order valence-corrected chi connectivity index (χ0v) is 17.0. The summed E-state index contributed by atoms with van der Waals surface area (Å²) in [5.41, 5.74) is 7.84. The number of carbonyl (C=O) groups excluding carboxylic acids is 2. The van der Waals surface area contributed by atoms with Crippen LogP contribution in [0.25, 0.3) is 10.1 Å². The number of fused-ring (bicyclic) bond motifs is 1. The second-order valence-electron chi connectivity index (χ2n) is 7.07. The number of benzene rings is 1. The molecular weight excluding hydrogens is 416 g/mol. The number of aliphatic hydroxyl groups is 1. The summed E-state index contributed by atoms with van der Waals surface area (Å²) in [5, 5.41) is 17.1. The fraction of sp³-hybridized carbons (Fsp3) is 0.318. The van der Waals surface area contributed by atoms with Crippen LogP contribution in [0.2, 0.25) is 0 Å². The largest absolute Gasteiger partial charge is 0.489 e. The molecule has 2 aromatic heterocycles. The van der Waals surface area contributed by atoms with Crippen LogP contribution in [0.15, 0.2) is 35.8 Å². The van der Waals surface area contributed by atoms with Gasteiger partial charge in [-0.05, 0) is 36.4 Å². The number of pyridine rings is 1. The first-order valence-electron chi connectivity index (χ1n) is 9.64. The maximum absolute atomic E-state index is 12.3. The fourth-order valence-electron chi connectivity index (χ4n) is 3.05. The summed E-state index contributed by atoms with van der Waals surface area (Å²) in [6, 6.07) is 7.32. The van der Waals surface area contributed by atoms with E-state index in [0.717, 1.165) is 18.4 Å². The molecule has 2 heterocycles. The van der Waals surface area contributed by atoms with Gasteiger partial charge < -0.3 is 26.2 Å². The lowest BCUT2D eigenvalue weighted by molar-refractivity contribution is 0.0940. The van der Waals surface area contributed by atoms with E-state index < -0.39 is 0 Å². The molecule has 0 bridgehead atoms. The summed E-state index contributed by atoms with van der Waals surface area (Å²) >= 11 is 1.39. The molecule has 0 spiro atoms. The van der Waals surface area contributed by atoms with Gasteiger partial charge in [-0.2, -0.15) is 0 Å². The average Bonchev–Trinajstić information content (AvgIpc) is 3.46. The number of nitrogens with two attached hydrogens (primary N) is 1. The van der Waals surface area contributed by atoms with Gasteiger partial charge in [-0.1, -0.05) is 13.5 Å². The number of hydrogen-bond donors (Lipinski definition) is 4. The third-order valence-corrected chi connectivity index (χ3v) is 5.81. The van der Waals surface area contributed by atoms with Gasteiger partial charge in [0.05, 0.1) is 16.9 Å². The van der Waals surface area contributed by atoms with Crippen molar-refractivity contribution < 1.29 is 19.4 Å². The molecule has 0 unspecified atom stereocenters. The maximum Gasteiger partial charge on any atom is 0.254 e. The van der Waals surface area contributed by atoms with Gasteiger partial charge in [-0.15, -0.1) is 11.3 Å². The Morgan fingerprint density at radius 3 is 2.84 bits per heavy atom. The summed E-state index contributed by atoms with van der Waals surface area (Å²) in [7, 11) is 0. The van der Waals surface area contributed by atoms with Crippen molar-refractivity contribution in [2.24, 2.45) is 0 Å². The minimum absolute atomic E-state index is 0. The molecule has 0 radical (unpaired) electrons. The minimum Gasteiger partial charge on any atom is -0.489 e. The molecule has 1 fully saturated rings. The van der Waals surface area contributed by atoms with Crippen molar-refractivity contribution >= 4 is 39.1 Å². The fourth-order valence-corrected chi connectivity index (χ4v) is 4.12. The second kappa shape index (κ2) is 9.76. The van der Waals surface area contributed by atoms with Crippen LogP contribution in [0.5, 0.6) is 5.75 Å². The lowest BCUT2D eigenvalue weighted by Gasteiger charge is -2.09. The highest BCUT2D eigenvalue weighted by Gasteiger charge is 2.24. The number of anilines is 1. The molecule has 1 saturated carbocycles. The first kappa shape index (κ1) is 22.5. The zero-order valence-electron chi connectivity index (χ0n) is 16.2. The van der Waals surface area contributed by atoms with Crippen molar-refractivity contribution in [3.05, 3.63) is 52.5 Å². The lowest BCUT2D eigenvalue weighted by atomic mass is 10.1. The number of thiophene rings is 1. The smallest absolute Gasteiger partial charge is 0.254 e. The lowest BCUT2D eigenvalue weighted by Crippen LogP contribution is -2.26. The molecule has 164 valence electrons. The van der Waals surface area contributed by atoms with Crippen molar-refractivity contribution in [2.45, 2.75) is 32.9 Å². The first-order valence-corrected chi connectivity index (χ1v) is 10.5. The van der Waals surface area contributed by atoms with Crippen molar-refractivity contribution in [1.29, 1.82) is 0 Å². The number of nitrogen functional groups attached to an aromatic ring is 1. The Hall–Kier alpha value is -3.17. The van der Waals surface area contributed by atoms with Gasteiger partial charge in [0.25, 0.3) is 11.8 Å². The number of rotatable bonds is 8. The van der Waals surface area contributed by atoms with Gasteiger partial charge in [-0.25, -0.2) is 4.98 Å². The van der Waals surface area contributed by atoms with E-state index in [2.05, 4.69) is 15.6 Å². The highest BCUT2D eigenvalue weighted by atomic mass is 32.1. The van der Waals surface area contributed by atoms with Gasteiger partial charge in [0.15, 0.2) is 0 Å². The quantitative estimate of drug-likeness (QED) is 0.425. The van der Waals surface area contributed by atoms with E-state index in [4.69, 9.17) is 15.6 Å². The Morgan fingerprint density at radius 2 is 2.10 bits per heavy atom. The number of hydrogen-bond acceptors (Lipinski definition) is 7. The molecule has 31 heavy (non-hydrogen) atoms. The molecule has 1 aliphatic rings. The van der Waals surface area contributed by atoms with E-state index in [1.54, 1.807) is 24.3 Å². The van der Waals surface area contributed by atoms with Crippen molar-refractivity contribution in [3.8, 4) is 5.75 Å². The molecule has 3 aromatic rings. The molecule has 9 heteroatoms. The number of carbonyl (C=O) groups is 2. The highest BCUT2D eigenvalue weighted by molar-refractivity contribution is 7.17. The summed E-state index contributed by atoms with van der Waals surface area (Å²) in [4.78, 5) is 28.7. The molecule has 0 saturated heterocycles. The highest BCUT2D eigenvalue weighted by Crippen LogP contribution is 2.33. The van der Waals surface area contributed by atoms with Gasteiger partial charge in [0, 0.05) is 35.3 Å². The number of nitrogens with one attached hydrogen (secondary N) is 2. The molecule has 4 rings (SSSR count). The van der Waals surface area contributed by atoms with Crippen LogP contribution in [-0.2, 0) is 6.61 Å². The zero-order chi connectivity index (χ0) is 21.1. The summed E-state index contributed by atoms with van der Waals surface area (Å²) < 4.78 is 6.62. The van der Waals surface area contributed by atoms with E-state index in [9.17, 15) is 9.59 Å². The van der Waals surface area contributed by atoms with Crippen LogP contribution < -0.4 is 21.1 Å². The van der Waals surface area contributed by atoms with Gasteiger partial charge in [0.2, 0.25) is 0 Å². The van der Waals surface area contributed by atoms with Gasteiger partial charge in [-0.3, -0.25) is 9.59 Å². The number of aliphatic hydroxyl groups excluding tert-OH is 1. The Labute approximate surface area is 184 Å². The molecule has 1 aliphatic carbocycles. The maximum atomic E-state index is 12.3. The third-order valence-electron chi connectivity index (χ3n) is 4.75. The summed E-state index contributed by atoms with van der Waals surface area (Å²) in [5.74, 6) is 0.475. The van der Waals surface area contributed by atoms with Crippen molar-refractivity contribution in [3.63, 3.8) is 0 Å². The van der Waals surface area contributed by atoms with E-state index in [1.807, 2.05) is 5.38 Å². The van der Waals surface area contributed by atoms with E-state index in [0.29, 0.717) is 38.8 Å². The van der Waals surface area contributed by atoms with Crippen molar-refractivity contribution in [2.75, 3.05) is 18.9 Å². The second-order valence-corrected chi connectivity index (χ2v) is 7.95. The molecule has 2 amide bonds. The number of amides is 2. The normalized spacial score (nSPS) is 12.8. The number of ether oxygens (including phenoxy) is 1. The van der Waals surface area contributed by atoms with Crippen molar-refractivity contribution in [1.82, 2.24) is 15.6 Å². The number of aromatic nitrogens is 1. The number of nitrogens with zero attached hydrogens (tertiary/aromatic N) is 1. The van der Waals surface area contributed by atoms with E-state index >= 15 is 0 Å². The van der Waals surface area contributed by atoms with Gasteiger partial charge >= 0.3 is 0 Å². The Bertz CT molecular complexity index is 1090. The van der Waals surface area contributed by atoms with Gasteiger partial charge in [0.1, 0.15) is 18.2 Å². The van der Waals surface area contributed by atoms with Crippen LogP contribution in [0.1, 0.15) is 46.5 Å². The molecule has 0 aliphatic heterocycles. The van der Waals surface area contributed by atoms with Crippen LogP contribution in [0.3, 0.4) is 0 Å². The Balaban J connectivity index is 0.00000272.